The summed E-state index contributed by atoms with van der Waals surface area (Å²) in [4.78, 5) is 14.1. The van der Waals surface area contributed by atoms with Crippen LogP contribution in [0.5, 0.6) is 0 Å². The average molecular weight is 232 g/mol. The molecule has 0 saturated heterocycles. The largest absolute Gasteiger partial charge is 0.334 e. The third-order valence-electron chi connectivity index (χ3n) is 3.25. The van der Waals surface area contributed by atoms with Gasteiger partial charge in [0.2, 0.25) is 0 Å². The fraction of sp³-hybridized carbons (Fsp3) is 0.500. The van der Waals surface area contributed by atoms with Gasteiger partial charge in [0, 0.05) is 18.7 Å². The van der Waals surface area contributed by atoms with Crippen LogP contribution in [0.25, 0.3) is 0 Å². The van der Waals surface area contributed by atoms with Gasteiger partial charge in [0.15, 0.2) is 0 Å². The van der Waals surface area contributed by atoms with Crippen LogP contribution >= 0.6 is 0 Å². The van der Waals surface area contributed by atoms with Crippen LogP contribution in [-0.4, -0.2) is 30.9 Å². The molecule has 0 aliphatic carbocycles. The number of hydrogen-bond acceptors (Lipinski definition) is 2. The minimum absolute atomic E-state index is 0.202. The summed E-state index contributed by atoms with van der Waals surface area (Å²) in [6.45, 7) is 4.71. The van der Waals surface area contributed by atoms with E-state index >= 15 is 0 Å². The normalized spacial score (nSPS) is 14.2. The molecule has 3 nitrogen and oxygen atoms in total. The molecule has 1 aliphatic heterocycles. The first-order valence-electron chi connectivity index (χ1n) is 6.26. The van der Waals surface area contributed by atoms with Crippen LogP contribution in [0.4, 0.5) is 0 Å². The van der Waals surface area contributed by atoms with Crippen LogP contribution in [-0.2, 0) is 6.54 Å². The molecular weight excluding hydrogens is 212 g/mol. The molecule has 0 aromatic heterocycles. The van der Waals surface area contributed by atoms with Gasteiger partial charge in [-0.25, -0.2) is 0 Å². The molecule has 0 spiro atoms. The Morgan fingerprint density at radius 2 is 2.18 bits per heavy atom. The van der Waals surface area contributed by atoms with Gasteiger partial charge in [-0.1, -0.05) is 17.7 Å². The summed E-state index contributed by atoms with van der Waals surface area (Å²) in [6, 6.07) is 6.16. The SMILES string of the molecule is CNCCCCN1Cc2ccc(C)cc2C1=O. The highest BCUT2D eigenvalue weighted by molar-refractivity contribution is 5.98. The molecule has 0 atom stereocenters. The highest BCUT2D eigenvalue weighted by Crippen LogP contribution is 2.23. The van der Waals surface area contributed by atoms with E-state index in [1.807, 2.05) is 24.9 Å². The lowest BCUT2D eigenvalue weighted by Crippen LogP contribution is -2.25. The van der Waals surface area contributed by atoms with E-state index in [9.17, 15) is 4.79 Å². The van der Waals surface area contributed by atoms with E-state index in [1.165, 1.54) is 5.56 Å². The standard InChI is InChI=1S/C14H20N2O/c1-11-5-6-12-10-16(8-4-3-7-15-2)14(17)13(12)9-11/h5-6,9,15H,3-4,7-8,10H2,1-2H3. The molecular formula is C14H20N2O. The summed E-state index contributed by atoms with van der Waals surface area (Å²) in [6.07, 6.45) is 2.19. The molecule has 0 saturated carbocycles. The van der Waals surface area contributed by atoms with Crippen molar-refractivity contribution in [2.75, 3.05) is 20.1 Å². The maximum atomic E-state index is 12.1. The van der Waals surface area contributed by atoms with Crippen LogP contribution in [0, 0.1) is 6.92 Å². The molecule has 2 rings (SSSR count). The molecule has 1 heterocycles. The molecule has 0 bridgehead atoms. The van der Waals surface area contributed by atoms with Crippen molar-refractivity contribution in [1.29, 1.82) is 0 Å². The molecule has 17 heavy (non-hydrogen) atoms. The summed E-state index contributed by atoms with van der Waals surface area (Å²) >= 11 is 0. The van der Waals surface area contributed by atoms with E-state index in [-0.39, 0.29) is 5.91 Å². The average Bonchev–Trinajstić information content (AvgIpc) is 2.62. The molecule has 1 aromatic carbocycles. The quantitative estimate of drug-likeness (QED) is 0.787. The van der Waals surface area contributed by atoms with Crippen molar-refractivity contribution in [2.45, 2.75) is 26.3 Å². The maximum Gasteiger partial charge on any atom is 0.254 e. The monoisotopic (exact) mass is 232 g/mol. The Morgan fingerprint density at radius 3 is 2.94 bits per heavy atom. The van der Waals surface area contributed by atoms with Gasteiger partial charge in [-0.3, -0.25) is 4.79 Å². The van der Waals surface area contributed by atoms with E-state index in [0.717, 1.165) is 43.6 Å². The van der Waals surface area contributed by atoms with E-state index < -0.39 is 0 Å². The number of carbonyl (C=O) groups excluding carboxylic acids is 1. The Hall–Kier alpha value is -1.35. The zero-order chi connectivity index (χ0) is 12.3. The molecule has 3 heteroatoms. The highest BCUT2D eigenvalue weighted by Gasteiger charge is 2.26. The number of aryl methyl sites for hydroxylation is 1. The van der Waals surface area contributed by atoms with Crippen LogP contribution in [0.15, 0.2) is 18.2 Å². The smallest absolute Gasteiger partial charge is 0.254 e. The van der Waals surface area contributed by atoms with Crippen molar-refractivity contribution < 1.29 is 4.79 Å². The molecule has 92 valence electrons. The third-order valence-corrected chi connectivity index (χ3v) is 3.25. The Morgan fingerprint density at radius 1 is 1.35 bits per heavy atom. The number of carbonyl (C=O) groups is 1. The molecule has 1 aliphatic rings. The molecule has 0 radical (unpaired) electrons. The molecule has 1 aromatic rings. The first-order valence-corrected chi connectivity index (χ1v) is 6.26. The third kappa shape index (κ3) is 2.67. The van der Waals surface area contributed by atoms with Crippen molar-refractivity contribution in [3.05, 3.63) is 34.9 Å². The number of nitrogens with zero attached hydrogens (tertiary/aromatic N) is 1. The van der Waals surface area contributed by atoms with E-state index in [1.54, 1.807) is 0 Å². The van der Waals surface area contributed by atoms with Gasteiger partial charge in [0.05, 0.1) is 0 Å². The summed E-state index contributed by atoms with van der Waals surface area (Å²) in [5, 5.41) is 3.13. The van der Waals surface area contributed by atoms with Crippen molar-refractivity contribution in [3.8, 4) is 0 Å². The van der Waals surface area contributed by atoms with E-state index in [4.69, 9.17) is 0 Å². The lowest BCUT2D eigenvalue weighted by atomic mass is 10.1. The van der Waals surface area contributed by atoms with Gasteiger partial charge in [-0.05, 0) is 45.0 Å². The number of fused-ring (bicyclic) bond motifs is 1. The number of hydrogen-bond donors (Lipinski definition) is 1. The second-order valence-corrected chi connectivity index (χ2v) is 4.70. The molecule has 1 N–H and O–H groups in total. The van der Waals surface area contributed by atoms with Gasteiger partial charge in [-0.2, -0.15) is 0 Å². The summed E-state index contributed by atoms with van der Waals surface area (Å²) in [5.74, 6) is 0.202. The van der Waals surface area contributed by atoms with Crippen molar-refractivity contribution >= 4 is 5.91 Å². The molecule has 0 fully saturated rings. The fourth-order valence-corrected chi connectivity index (χ4v) is 2.26. The van der Waals surface area contributed by atoms with Gasteiger partial charge < -0.3 is 10.2 Å². The van der Waals surface area contributed by atoms with Crippen LogP contribution in [0.3, 0.4) is 0 Å². The molecule has 0 unspecified atom stereocenters. The van der Waals surface area contributed by atoms with Gasteiger partial charge in [-0.15, -0.1) is 0 Å². The Bertz CT molecular complexity index is 415. The van der Waals surface area contributed by atoms with Gasteiger partial charge in [0.25, 0.3) is 5.91 Å². The van der Waals surface area contributed by atoms with E-state index in [0.29, 0.717) is 0 Å². The highest BCUT2D eigenvalue weighted by atomic mass is 16.2. The zero-order valence-electron chi connectivity index (χ0n) is 10.6. The zero-order valence-corrected chi connectivity index (χ0v) is 10.6. The van der Waals surface area contributed by atoms with Crippen LogP contribution < -0.4 is 5.32 Å². The fourth-order valence-electron chi connectivity index (χ4n) is 2.26. The number of benzene rings is 1. The Labute approximate surface area is 103 Å². The van der Waals surface area contributed by atoms with Crippen LogP contribution in [0.1, 0.15) is 34.3 Å². The molecule has 1 amide bonds. The Kier molecular flexibility index (Phi) is 3.79. The summed E-state index contributed by atoms with van der Waals surface area (Å²) < 4.78 is 0. The van der Waals surface area contributed by atoms with Crippen molar-refractivity contribution in [3.63, 3.8) is 0 Å². The second-order valence-electron chi connectivity index (χ2n) is 4.70. The lowest BCUT2D eigenvalue weighted by molar-refractivity contribution is 0.0776. The van der Waals surface area contributed by atoms with Gasteiger partial charge in [0.1, 0.15) is 0 Å². The Balaban J connectivity index is 1.95. The first-order chi connectivity index (χ1) is 8.22. The van der Waals surface area contributed by atoms with Crippen molar-refractivity contribution in [1.82, 2.24) is 10.2 Å². The topological polar surface area (TPSA) is 32.3 Å². The number of amides is 1. The maximum absolute atomic E-state index is 12.1. The van der Waals surface area contributed by atoms with Crippen LogP contribution in [0.2, 0.25) is 0 Å². The lowest BCUT2D eigenvalue weighted by Gasteiger charge is -2.15. The minimum atomic E-state index is 0.202. The minimum Gasteiger partial charge on any atom is -0.334 e. The number of rotatable bonds is 5. The number of nitrogens with one attached hydrogen (secondary N) is 1. The van der Waals surface area contributed by atoms with Crippen molar-refractivity contribution in [2.24, 2.45) is 0 Å². The first kappa shape index (κ1) is 12.1. The number of unbranched alkanes of at least 4 members (excludes halogenated alkanes) is 1. The predicted octanol–water partition coefficient (Wildman–Crippen LogP) is 1.95. The van der Waals surface area contributed by atoms with E-state index in [2.05, 4.69) is 17.4 Å². The van der Waals surface area contributed by atoms with Gasteiger partial charge >= 0.3 is 0 Å². The summed E-state index contributed by atoms with van der Waals surface area (Å²) in [5.41, 5.74) is 3.24. The predicted molar refractivity (Wildman–Crippen MR) is 69.1 cm³/mol. The summed E-state index contributed by atoms with van der Waals surface area (Å²) in [7, 11) is 1.96. The second kappa shape index (κ2) is 5.32.